The molecule has 0 aliphatic heterocycles. The first-order valence-electron chi connectivity index (χ1n) is 6.99. The summed E-state index contributed by atoms with van der Waals surface area (Å²) >= 11 is 11.9. The fraction of sp³-hybridized carbons (Fsp3) is 0.533. The Bertz CT molecular complexity index is 496. The molecule has 3 atom stereocenters. The van der Waals surface area contributed by atoms with Crippen LogP contribution in [0, 0.1) is 11.8 Å². The highest BCUT2D eigenvalue weighted by Crippen LogP contribution is 2.34. The minimum absolute atomic E-state index is 0.135. The van der Waals surface area contributed by atoms with Gasteiger partial charge in [0.25, 0.3) is 5.91 Å². The molecule has 3 nitrogen and oxygen atoms in total. The molecule has 0 aromatic heterocycles. The quantitative estimate of drug-likeness (QED) is 0.824. The molecule has 0 radical (unpaired) electrons. The average Bonchev–Trinajstić information content (AvgIpc) is 2.76. The second kappa shape index (κ2) is 6.23. The number of halogens is 2. The molecule has 0 saturated heterocycles. The van der Waals surface area contributed by atoms with Gasteiger partial charge in [-0.05, 0) is 36.8 Å². The van der Waals surface area contributed by atoms with Crippen molar-refractivity contribution in [1.29, 1.82) is 0 Å². The van der Waals surface area contributed by atoms with Gasteiger partial charge in [0.2, 0.25) is 0 Å². The van der Waals surface area contributed by atoms with E-state index < -0.39 is 0 Å². The molecular weight excluding hydrogens is 295 g/mol. The minimum Gasteiger partial charge on any atom is -0.397 e. The molecule has 1 aliphatic carbocycles. The first kappa shape index (κ1) is 15.5. The van der Waals surface area contributed by atoms with Crippen LogP contribution >= 0.6 is 23.2 Å². The minimum atomic E-state index is -0.135. The third-order valence-electron chi connectivity index (χ3n) is 4.39. The van der Waals surface area contributed by atoms with Gasteiger partial charge in [-0.15, -0.1) is 0 Å². The van der Waals surface area contributed by atoms with Crippen LogP contribution in [0.2, 0.25) is 10.0 Å². The molecule has 5 heteroatoms. The van der Waals surface area contributed by atoms with Crippen LogP contribution in [0.4, 0.5) is 5.69 Å². The van der Waals surface area contributed by atoms with Crippen LogP contribution in [-0.4, -0.2) is 11.9 Å². The van der Waals surface area contributed by atoms with E-state index in [1.165, 1.54) is 6.42 Å². The van der Waals surface area contributed by atoms with E-state index in [1.54, 1.807) is 12.1 Å². The number of nitrogens with two attached hydrogens (primary N) is 1. The summed E-state index contributed by atoms with van der Waals surface area (Å²) in [6, 6.07) is 3.36. The van der Waals surface area contributed by atoms with Gasteiger partial charge in [-0.2, -0.15) is 0 Å². The summed E-state index contributed by atoms with van der Waals surface area (Å²) in [4.78, 5) is 12.3. The first-order valence-corrected chi connectivity index (χ1v) is 7.75. The highest BCUT2D eigenvalue weighted by Gasteiger charge is 2.32. The maximum Gasteiger partial charge on any atom is 0.251 e. The molecule has 20 heavy (non-hydrogen) atoms. The highest BCUT2D eigenvalue weighted by molar-refractivity contribution is 6.43. The predicted molar refractivity (Wildman–Crippen MR) is 84.3 cm³/mol. The summed E-state index contributed by atoms with van der Waals surface area (Å²) in [5.41, 5.74) is 6.53. The van der Waals surface area contributed by atoms with E-state index in [0.717, 1.165) is 12.8 Å². The van der Waals surface area contributed by atoms with Crippen molar-refractivity contribution in [2.45, 2.75) is 39.2 Å². The maximum absolute atomic E-state index is 12.3. The number of benzene rings is 1. The molecule has 0 bridgehead atoms. The molecule has 3 N–H and O–H groups in total. The molecule has 2 rings (SSSR count). The largest absolute Gasteiger partial charge is 0.397 e. The number of hydrogen-bond donors (Lipinski definition) is 2. The Balaban J connectivity index is 2.10. The normalized spacial score (nSPS) is 25.7. The van der Waals surface area contributed by atoms with Crippen molar-refractivity contribution >= 4 is 34.8 Å². The molecule has 1 aromatic rings. The van der Waals surface area contributed by atoms with Crippen molar-refractivity contribution in [1.82, 2.24) is 5.32 Å². The van der Waals surface area contributed by atoms with E-state index >= 15 is 0 Å². The summed E-state index contributed by atoms with van der Waals surface area (Å²) in [5.74, 6) is 1.06. The van der Waals surface area contributed by atoms with E-state index in [2.05, 4.69) is 19.2 Å². The van der Waals surface area contributed by atoms with Gasteiger partial charge in [-0.1, -0.05) is 43.5 Å². The van der Waals surface area contributed by atoms with E-state index in [4.69, 9.17) is 28.9 Å². The Morgan fingerprint density at radius 1 is 1.40 bits per heavy atom. The van der Waals surface area contributed by atoms with Crippen LogP contribution in [-0.2, 0) is 0 Å². The Morgan fingerprint density at radius 2 is 2.10 bits per heavy atom. The molecule has 110 valence electrons. The molecular formula is C15H20Cl2N2O. The van der Waals surface area contributed by atoms with Crippen LogP contribution in [0.1, 0.15) is 43.5 Å². The van der Waals surface area contributed by atoms with Crippen LogP contribution in [0.25, 0.3) is 0 Å². The monoisotopic (exact) mass is 314 g/mol. The fourth-order valence-electron chi connectivity index (χ4n) is 3.02. The van der Waals surface area contributed by atoms with Crippen LogP contribution in [0.15, 0.2) is 12.1 Å². The van der Waals surface area contributed by atoms with Crippen LogP contribution in [0.3, 0.4) is 0 Å². The number of amides is 1. The number of rotatable bonds is 3. The zero-order valence-corrected chi connectivity index (χ0v) is 13.3. The number of nitrogens with one attached hydrogen (secondary N) is 1. The summed E-state index contributed by atoms with van der Waals surface area (Å²) in [6.07, 6.45) is 3.36. The lowest BCUT2D eigenvalue weighted by Gasteiger charge is -2.21. The zero-order chi connectivity index (χ0) is 14.9. The van der Waals surface area contributed by atoms with E-state index in [9.17, 15) is 4.79 Å². The molecule has 3 unspecified atom stereocenters. The van der Waals surface area contributed by atoms with E-state index in [0.29, 0.717) is 33.1 Å². The number of carbonyl (C=O) groups is 1. The Morgan fingerprint density at radius 3 is 2.65 bits per heavy atom. The van der Waals surface area contributed by atoms with Gasteiger partial charge in [-0.25, -0.2) is 0 Å². The van der Waals surface area contributed by atoms with E-state index in [-0.39, 0.29) is 11.9 Å². The summed E-state index contributed by atoms with van der Waals surface area (Å²) in [7, 11) is 0. The van der Waals surface area contributed by atoms with Gasteiger partial charge < -0.3 is 11.1 Å². The van der Waals surface area contributed by atoms with Gasteiger partial charge in [-0.3, -0.25) is 4.79 Å². The van der Waals surface area contributed by atoms with Crippen molar-refractivity contribution in [2.24, 2.45) is 11.8 Å². The van der Waals surface area contributed by atoms with Crippen molar-refractivity contribution in [3.8, 4) is 0 Å². The highest BCUT2D eigenvalue weighted by atomic mass is 35.5. The van der Waals surface area contributed by atoms with Crippen molar-refractivity contribution in [3.63, 3.8) is 0 Å². The number of anilines is 1. The smallest absolute Gasteiger partial charge is 0.251 e. The number of carbonyl (C=O) groups excluding carboxylic acids is 1. The lowest BCUT2D eigenvalue weighted by molar-refractivity contribution is 0.0926. The average molecular weight is 315 g/mol. The first-order chi connectivity index (χ1) is 9.43. The maximum atomic E-state index is 12.3. The SMILES string of the molecule is CCC1CCC(NC(=O)c2cc(N)c(Cl)c(Cl)c2)C1C. The Hall–Kier alpha value is -0.930. The lowest BCUT2D eigenvalue weighted by atomic mass is 9.93. The summed E-state index contributed by atoms with van der Waals surface area (Å²) < 4.78 is 0. The summed E-state index contributed by atoms with van der Waals surface area (Å²) in [6.45, 7) is 4.40. The third kappa shape index (κ3) is 3.04. The Labute approximate surface area is 129 Å². The Kier molecular flexibility index (Phi) is 4.82. The van der Waals surface area contributed by atoms with Gasteiger partial charge in [0.05, 0.1) is 15.7 Å². The van der Waals surface area contributed by atoms with Crippen molar-refractivity contribution < 1.29 is 4.79 Å². The molecule has 0 spiro atoms. The van der Waals surface area contributed by atoms with E-state index in [1.807, 2.05) is 0 Å². The van der Waals surface area contributed by atoms with Crippen LogP contribution in [0.5, 0.6) is 0 Å². The molecule has 0 heterocycles. The summed E-state index contributed by atoms with van der Waals surface area (Å²) in [5, 5.41) is 3.69. The fourth-order valence-corrected chi connectivity index (χ4v) is 3.36. The molecule has 1 fully saturated rings. The van der Waals surface area contributed by atoms with Crippen LogP contribution < -0.4 is 11.1 Å². The number of hydrogen-bond acceptors (Lipinski definition) is 2. The van der Waals surface area contributed by atoms with Crippen molar-refractivity contribution in [2.75, 3.05) is 5.73 Å². The molecule has 1 saturated carbocycles. The van der Waals surface area contributed by atoms with Gasteiger partial charge >= 0.3 is 0 Å². The topological polar surface area (TPSA) is 55.1 Å². The number of nitrogen functional groups attached to an aromatic ring is 1. The van der Waals surface area contributed by atoms with Crippen molar-refractivity contribution in [3.05, 3.63) is 27.7 Å². The standard InChI is InChI=1S/C15H20Cl2N2O/c1-3-9-4-5-13(8(9)2)19-15(20)10-6-11(16)14(17)12(18)7-10/h6-9,13H,3-5,18H2,1-2H3,(H,19,20). The third-order valence-corrected chi connectivity index (χ3v) is 5.20. The van der Waals surface area contributed by atoms with Gasteiger partial charge in [0.15, 0.2) is 0 Å². The second-order valence-electron chi connectivity index (χ2n) is 5.55. The second-order valence-corrected chi connectivity index (χ2v) is 6.33. The lowest BCUT2D eigenvalue weighted by Crippen LogP contribution is -2.37. The van der Waals surface area contributed by atoms with Gasteiger partial charge in [0, 0.05) is 11.6 Å². The molecule has 1 amide bonds. The molecule has 1 aliphatic rings. The van der Waals surface area contributed by atoms with Gasteiger partial charge in [0.1, 0.15) is 0 Å². The zero-order valence-electron chi connectivity index (χ0n) is 11.7. The molecule has 1 aromatic carbocycles. The predicted octanol–water partition coefficient (Wildman–Crippen LogP) is 4.13.